The Morgan fingerprint density at radius 3 is 2.66 bits per heavy atom. The van der Waals surface area contributed by atoms with Crippen molar-refractivity contribution in [1.29, 1.82) is 0 Å². The van der Waals surface area contributed by atoms with Crippen molar-refractivity contribution in [3.8, 4) is 11.3 Å². The van der Waals surface area contributed by atoms with Crippen LogP contribution in [0.1, 0.15) is 5.56 Å². The number of rotatable bonds is 4. The molecule has 0 radical (unpaired) electrons. The Kier molecular flexibility index (Phi) is 5.26. The number of methoxy groups -OCH3 is 1. The van der Waals surface area contributed by atoms with E-state index in [1.54, 1.807) is 6.21 Å². The first kappa shape index (κ1) is 18.7. The second kappa shape index (κ2) is 8.15. The summed E-state index contributed by atoms with van der Waals surface area (Å²) < 4.78 is 4.54. The lowest BCUT2D eigenvalue weighted by Crippen LogP contribution is -2.19. The molecule has 0 aliphatic carbocycles. The van der Waals surface area contributed by atoms with Gasteiger partial charge in [0, 0.05) is 22.5 Å². The Balaban J connectivity index is 1.65. The van der Waals surface area contributed by atoms with Crippen molar-refractivity contribution >= 4 is 45.9 Å². The number of benzene rings is 2. The van der Waals surface area contributed by atoms with Gasteiger partial charge in [0.25, 0.3) is 5.91 Å². The van der Waals surface area contributed by atoms with E-state index in [1.165, 1.54) is 7.11 Å². The number of nitrogens with one attached hydrogen (secondary N) is 2. The van der Waals surface area contributed by atoms with Gasteiger partial charge in [-0.15, -0.1) is 5.10 Å². The number of hydrogen-bond acceptors (Lipinski definition) is 6. The summed E-state index contributed by atoms with van der Waals surface area (Å²) in [6.07, 6.45) is 2.78. The quantitative estimate of drug-likeness (QED) is 0.301. The lowest BCUT2D eigenvalue weighted by atomic mass is 10.1. The van der Waals surface area contributed by atoms with Crippen LogP contribution in [0.25, 0.3) is 22.2 Å². The van der Waals surface area contributed by atoms with Crippen molar-refractivity contribution in [2.45, 2.75) is 0 Å². The number of hydrogen-bond donors (Lipinski definition) is 2. The first-order chi connectivity index (χ1) is 14.2. The number of nitrogens with zero attached hydrogens (tertiary/aromatic N) is 2. The molecule has 0 unspecified atom stereocenters. The van der Waals surface area contributed by atoms with Crippen LogP contribution in [0.15, 0.2) is 75.8 Å². The minimum atomic E-state index is -0.598. The molecular weight excluding hydrogens is 388 g/mol. The number of amidine groups is 1. The van der Waals surface area contributed by atoms with Crippen molar-refractivity contribution in [2.75, 3.05) is 7.11 Å². The molecule has 8 heteroatoms. The molecule has 144 valence electrons. The lowest BCUT2D eigenvalue weighted by Gasteiger charge is -2.00. The molecule has 1 aromatic heterocycles. The summed E-state index contributed by atoms with van der Waals surface area (Å²) in [6, 6.07) is 17.9. The predicted octanol–water partition coefficient (Wildman–Crippen LogP) is 3.44. The van der Waals surface area contributed by atoms with Gasteiger partial charge < -0.3 is 9.72 Å². The molecule has 2 heterocycles. The van der Waals surface area contributed by atoms with Crippen molar-refractivity contribution < 1.29 is 14.3 Å². The highest BCUT2D eigenvalue weighted by Crippen LogP contribution is 2.29. The van der Waals surface area contributed by atoms with Gasteiger partial charge in [-0.2, -0.15) is 5.10 Å². The number of esters is 1. The number of carbonyl (C=O) groups is 2. The van der Waals surface area contributed by atoms with Crippen LogP contribution in [0, 0.1) is 0 Å². The molecule has 3 aromatic rings. The van der Waals surface area contributed by atoms with Gasteiger partial charge >= 0.3 is 5.97 Å². The molecule has 0 saturated carbocycles. The predicted molar refractivity (Wildman–Crippen MR) is 115 cm³/mol. The third-order valence-electron chi connectivity index (χ3n) is 4.25. The molecule has 1 saturated heterocycles. The van der Waals surface area contributed by atoms with Crippen molar-refractivity contribution in [3.63, 3.8) is 0 Å². The number of thioether (sulfide) groups is 1. The van der Waals surface area contributed by atoms with Crippen LogP contribution >= 0.6 is 11.8 Å². The maximum atomic E-state index is 11.9. The van der Waals surface area contributed by atoms with Crippen LogP contribution < -0.4 is 5.32 Å². The number of para-hydroxylation sites is 1. The van der Waals surface area contributed by atoms with Crippen molar-refractivity contribution in [3.05, 3.63) is 71.1 Å². The summed E-state index contributed by atoms with van der Waals surface area (Å²) in [5, 5.41) is 12.1. The zero-order valence-corrected chi connectivity index (χ0v) is 16.2. The summed E-state index contributed by atoms with van der Waals surface area (Å²) in [5.41, 5.74) is 3.86. The number of carbonyl (C=O) groups excluding carboxylic acids is 2. The number of ether oxygens (including phenoxy) is 1. The first-order valence-electron chi connectivity index (χ1n) is 8.71. The fraction of sp³-hybridized carbons (Fsp3) is 0.0476. The first-order valence-corrected chi connectivity index (χ1v) is 9.53. The minimum absolute atomic E-state index is 0.211. The van der Waals surface area contributed by atoms with Gasteiger partial charge in [0.15, 0.2) is 5.17 Å². The van der Waals surface area contributed by atoms with Gasteiger partial charge in [-0.3, -0.25) is 10.1 Å². The normalized spacial score (nSPS) is 16.8. The van der Waals surface area contributed by atoms with E-state index in [-0.39, 0.29) is 4.91 Å². The van der Waals surface area contributed by atoms with E-state index in [1.807, 2.05) is 54.6 Å². The van der Waals surface area contributed by atoms with Gasteiger partial charge in [0.05, 0.1) is 23.9 Å². The van der Waals surface area contributed by atoms with Gasteiger partial charge in [-0.1, -0.05) is 48.5 Å². The Morgan fingerprint density at radius 1 is 1.10 bits per heavy atom. The van der Waals surface area contributed by atoms with Crippen LogP contribution in [-0.2, 0) is 14.3 Å². The summed E-state index contributed by atoms with van der Waals surface area (Å²) >= 11 is 1.03. The van der Waals surface area contributed by atoms with Gasteiger partial charge in [0.2, 0.25) is 0 Å². The smallest absolute Gasteiger partial charge is 0.331 e. The fourth-order valence-corrected chi connectivity index (χ4v) is 3.65. The molecule has 29 heavy (non-hydrogen) atoms. The lowest BCUT2D eigenvalue weighted by molar-refractivity contribution is -0.135. The number of amides is 1. The second-order valence-electron chi connectivity index (χ2n) is 6.06. The number of fused-ring (bicyclic) bond motifs is 1. The molecule has 2 N–H and O–H groups in total. The Labute approximate surface area is 170 Å². The summed E-state index contributed by atoms with van der Waals surface area (Å²) in [7, 11) is 1.25. The minimum Gasteiger partial charge on any atom is -0.466 e. The molecule has 0 spiro atoms. The standard InChI is InChI=1S/C21H16N4O3S/c1-28-18(26)11-17-20(27)24-21(29-17)25-22-12-15-14-9-5-6-10-16(14)23-19(15)13-7-3-2-4-8-13/h2-12,23H,1H3,(H,24,25,27)/b17-11-,22-12+. The molecule has 0 atom stereocenters. The van der Waals surface area contributed by atoms with Crippen molar-refractivity contribution in [1.82, 2.24) is 10.3 Å². The molecule has 1 amide bonds. The van der Waals surface area contributed by atoms with E-state index in [2.05, 4.69) is 25.2 Å². The Morgan fingerprint density at radius 2 is 1.86 bits per heavy atom. The van der Waals surface area contributed by atoms with E-state index in [4.69, 9.17) is 0 Å². The van der Waals surface area contributed by atoms with E-state index in [0.29, 0.717) is 5.17 Å². The molecule has 1 aliphatic rings. The monoisotopic (exact) mass is 404 g/mol. The maximum absolute atomic E-state index is 11.9. The SMILES string of the molecule is COC(=O)/C=C1\S/C(=N/N=C/c2c(-c3ccccc3)[nH]c3ccccc23)NC1=O. The third kappa shape index (κ3) is 3.97. The topological polar surface area (TPSA) is 95.9 Å². The van der Waals surface area contributed by atoms with Crippen molar-refractivity contribution in [2.24, 2.45) is 10.2 Å². The van der Waals surface area contributed by atoms with Gasteiger partial charge in [-0.25, -0.2) is 4.79 Å². The highest BCUT2D eigenvalue weighted by atomic mass is 32.2. The summed E-state index contributed by atoms with van der Waals surface area (Å²) in [5.74, 6) is -1.01. The average Bonchev–Trinajstić information content (AvgIpc) is 3.29. The third-order valence-corrected chi connectivity index (χ3v) is 5.15. The highest BCUT2D eigenvalue weighted by Gasteiger charge is 2.25. The maximum Gasteiger partial charge on any atom is 0.331 e. The summed E-state index contributed by atoms with van der Waals surface area (Å²) in [4.78, 5) is 26.9. The van der Waals surface area contributed by atoms with E-state index in [0.717, 1.165) is 45.6 Å². The van der Waals surface area contributed by atoms with E-state index < -0.39 is 11.9 Å². The fourth-order valence-electron chi connectivity index (χ4n) is 2.91. The summed E-state index contributed by atoms with van der Waals surface area (Å²) in [6.45, 7) is 0. The second-order valence-corrected chi connectivity index (χ2v) is 7.09. The molecule has 2 aromatic carbocycles. The molecule has 1 fully saturated rings. The van der Waals surface area contributed by atoms with Crippen LogP contribution in [-0.4, -0.2) is 35.4 Å². The van der Waals surface area contributed by atoms with Gasteiger partial charge in [0.1, 0.15) is 0 Å². The highest BCUT2D eigenvalue weighted by molar-refractivity contribution is 8.18. The van der Waals surface area contributed by atoms with Crippen LogP contribution in [0.2, 0.25) is 0 Å². The molecule has 0 bridgehead atoms. The van der Waals surface area contributed by atoms with Crippen LogP contribution in [0.3, 0.4) is 0 Å². The zero-order chi connectivity index (χ0) is 20.2. The van der Waals surface area contributed by atoms with E-state index >= 15 is 0 Å². The average molecular weight is 404 g/mol. The molecule has 4 rings (SSSR count). The van der Waals surface area contributed by atoms with Gasteiger partial charge in [-0.05, 0) is 23.4 Å². The van der Waals surface area contributed by atoms with Crippen LogP contribution in [0.4, 0.5) is 0 Å². The molecule has 7 nitrogen and oxygen atoms in total. The largest absolute Gasteiger partial charge is 0.466 e. The number of aromatic amines is 1. The Hall–Kier alpha value is -3.65. The number of aromatic nitrogens is 1. The van der Waals surface area contributed by atoms with E-state index in [9.17, 15) is 9.59 Å². The van der Waals surface area contributed by atoms with Crippen LogP contribution in [0.5, 0.6) is 0 Å². The Bertz CT molecular complexity index is 1180. The molecular formula is C21H16N4O3S. The molecule has 1 aliphatic heterocycles. The zero-order valence-electron chi connectivity index (χ0n) is 15.4. The number of H-pyrrole nitrogens is 1.